The number of hydrogen-bond acceptors (Lipinski definition) is 3. The number of amides is 1. The van der Waals surface area contributed by atoms with Crippen molar-refractivity contribution in [2.24, 2.45) is 0 Å². The number of rotatable bonds is 4. The first-order chi connectivity index (χ1) is 13.1. The molecule has 1 aliphatic heterocycles. The lowest BCUT2D eigenvalue weighted by Crippen LogP contribution is -2.51. The molecule has 1 aromatic carbocycles. The molecule has 0 unspecified atom stereocenters. The number of likely N-dealkylation sites (N-methyl/N-ethyl adjacent to an activating group) is 1. The van der Waals surface area contributed by atoms with Gasteiger partial charge in [-0.25, -0.2) is 0 Å². The van der Waals surface area contributed by atoms with E-state index in [1.165, 1.54) is 50.0 Å². The van der Waals surface area contributed by atoms with E-state index in [-0.39, 0.29) is 5.91 Å². The zero-order chi connectivity index (χ0) is 18.8. The molecule has 2 aliphatic rings. The fraction of sp³-hybridized carbons (Fsp3) is 0.591. The Morgan fingerprint density at radius 3 is 2.63 bits per heavy atom. The zero-order valence-electron chi connectivity index (χ0n) is 16.6. The van der Waals surface area contributed by atoms with Crippen molar-refractivity contribution in [3.63, 3.8) is 0 Å². The van der Waals surface area contributed by atoms with Crippen LogP contribution in [0.25, 0.3) is 10.9 Å². The number of nitrogens with one attached hydrogen (secondary N) is 2. The third-order valence-corrected chi connectivity index (χ3v) is 6.46. The second-order valence-electron chi connectivity index (χ2n) is 8.40. The van der Waals surface area contributed by atoms with Gasteiger partial charge in [-0.1, -0.05) is 12.1 Å². The number of carbonyl (C=O) groups is 1. The van der Waals surface area contributed by atoms with Crippen LogP contribution in [-0.2, 0) is 11.2 Å². The van der Waals surface area contributed by atoms with Crippen LogP contribution in [0.1, 0.15) is 36.8 Å². The molecule has 1 aliphatic carbocycles. The number of carbonyl (C=O) groups excluding carboxylic acids is 1. The molecule has 146 valence electrons. The summed E-state index contributed by atoms with van der Waals surface area (Å²) in [4.78, 5) is 21.0. The SMILES string of the molecule is Cc1cccc2[nH]cc(CC(=O)NC3CCC(N4CCN(C)CC4)CC3)c12. The second-order valence-corrected chi connectivity index (χ2v) is 8.40. The maximum atomic E-state index is 12.6. The fourth-order valence-corrected chi connectivity index (χ4v) is 4.81. The Bertz CT molecular complexity index is 783. The predicted octanol–water partition coefficient (Wildman–Crippen LogP) is 2.69. The number of piperazine rings is 1. The van der Waals surface area contributed by atoms with E-state index in [1.54, 1.807) is 0 Å². The Morgan fingerprint density at radius 2 is 1.89 bits per heavy atom. The van der Waals surface area contributed by atoms with Gasteiger partial charge in [0.05, 0.1) is 6.42 Å². The normalized spacial score (nSPS) is 25.0. The lowest BCUT2D eigenvalue weighted by Gasteiger charge is -2.41. The topological polar surface area (TPSA) is 51.4 Å². The Balaban J connectivity index is 1.28. The number of hydrogen-bond donors (Lipinski definition) is 2. The highest BCUT2D eigenvalue weighted by Gasteiger charge is 2.28. The van der Waals surface area contributed by atoms with E-state index < -0.39 is 0 Å². The molecule has 1 amide bonds. The van der Waals surface area contributed by atoms with Crippen LogP contribution in [0.4, 0.5) is 0 Å². The molecule has 0 atom stereocenters. The standard InChI is InChI=1S/C22H32N4O/c1-16-4-3-5-20-22(16)17(15-23-20)14-21(27)24-18-6-8-19(9-7-18)26-12-10-25(2)11-13-26/h3-5,15,18-19,23H,6-14H2,1-2H3,(H,24,27). The van der Waals surface area contributed by atoms with Gasteiger partial charge in [0.1, 0.15) is 0 Å². The summed E-state index contributed by atoms with van der Waals surface area (Å²) in [5.41, 5.74) is 3.45. The van der Waals surface area contributed by atoms with E-state index in [4.69, 9.17) is 0 Å². The highest BCUT2D eigenvalue weighted by atomic mass is 16.1. The fourth-order valence-electron chi connectivity index (χ4n) is 4.81. The summed E-state index contributed by atoms with van der Waals surface area (Å²) >= 11 is 0. The second kappa shape index (κ2) is 8.03. The third kappa shape index (κ3) is 4.19. The van der Waals surface area contributed by atoms with E-state index >= 15 is 0 Å². The molecule has 4 rings (SSSR count). The first kappa shape index (κ1) is 18.5. The third-order valence-electron chi connectivity index (χ3n) is 6.46. The van der Waals surface area contributed by atoms with Crippen LogP contribution in [0.3, 0.4) is 0 Å². The van der Waals surface area contributed by atoms with Gasteiger partial charge in [0.25, 0.3) is 0 Å². The van der Waals surface area contributed by atoms with E-state index in [0.717, 1.165) is 23.9 Å². The van der Waals surface area contributed by atoms with Gasteiger partial charge in [-0.3, -0.25) is 9.69 Å². The van der Waals surface area contributed by atoms with Crippen molar-refractivity contribution in [2.75, 3.05) is 33.2 Å². The highest BCUT2D eigenvalue weighted by molar-refractivity contribution is 5.91. The Hall–Kier alpha value is -1.85. The Labute approximate surface area is 162 Å². The smallest absolute Gasteiger partial charge is 0.224 e. The Kier molecular flexibility index (Phi) is 5.50. The van der Waals surface area contributed by atoms with Gasteiger partial charge >= 0.3 is 0 Å². The molecular formula is C22H32N4O. The lowest BCUT2D eigenvalue weighted by molar-refractivity contribution is -0.121. The average Bonchev–Trinajstić information content (AvgIpc) is 3.07. The first-order valence-electron chi connectivity index (χ1n) is 10.4. The molecule has 27 heavy (non-hydrogen) atoms. The van der Waals surface area contributed by atoms with Gasteiger partial charge in [0, 0.05) is 55.4 Å². The van der Waals surface area contributed by atoms with Crippen LogP contribution in [0, 0.1) is 6.92 Å². The van der Waals surface area contributed by atoms with Gasteiger partial charge in [0.2, 0.25) is 5.91 Å². The number of H-pyrrole nitrogens is 1. The summed E-state index contributed by atoms with van der Waals surface area (Å²) in [6, 6.07) is 7.29. The predicted molar refractivity (Wildman–Crippen MR) is 110 cm³/mol. The van der Waals surface area contributed by atoms with Crippen LogP contribution in [-0.4, -0.2) is 66.0 Å². The summed E-state index contributed by atoms with van der Waals surface area (Å²) < 4.78 is 0. The molecule has 1 aromatic heterocycles. The number of benzene rings is 1. The van der Waals surface area contributed by atoms with E-state index in [0.29, 0.717) is 18.5 Å². The zero-order valence-corrected chi connectivity index (χ0v) is 16.6. The minimum atomic E-state index is 0.155. The van der Waals surface area contributed by atoms with Crippen molar-refractivity contribution in [2.45, 2.75) is 51.1 Å². The van der Waals surface area contributed by atoms with E-state index in [1.807, 2.05) is 6.20 Å². The van der Waals surface area contributed by atoms with Crippen molar-refractivity contribution in [1.29, 1.82) is 0 Å². The number of fused-ring (bicyclic) bond motifs is 1. The summed E-state index contributed by atoms with van der Waals surface area (Å²) in [5, 5.41) is 4.49. The molecular weight excluding hydrogens is 336 g/mol. The van der Waals surface area contributed by atoms with Gasteiger partial charge < -0.3 is 15.2 Å². The van der Waals surface area contributed by atoms with Gasteiger partial charge in [-0.15, -0.1) is 0 Å². The van der Waals surface area contributed by atoms with Crippen molar-refractivity contribution in [1.82, 2.24) is 20.1 Å². The van der Waals surface area contributed by atoms with Crippen LogP contribution >= 0.6 is 0 Å². The molecule has 1 saturated heterocycles. The van der Waals surface area contributed by atoms with Gasteiger partial charge in [-0.2, -0.15) is 0 Å². The summed E-state index contributed by atoms with van der Waals surface area (Å²) in [5.74, 6) is 0.155. The molecule has 2 aromatic rings. The molecule has 0 spiro atoms. The van der Waals surface area contributed by atoms with E-state index in [9.17, 15) is 4.79 Å². The molecule has 2 heterocycles. The van der Waals surface area contributed by atoms with E-state index in [2.05, 4.69) is 52.3 Å². The Morgan fingerprint density at radius 1 is 1.15 bits per heavy atom. The number of aromatic nitrogens is 1. The maximum Gasteiger partial charge on any atom is 0.224 e. The molecule has 0 radical (unpaired) electrons. The number of aryl methyl sites for hydroxylation is 1. The molecule has 5 heteroatoms. The van der Waals surface area contributed by atoms with Crippen molar-refractivity contribution in [3.05, 3.63) is 35.5 Å². The van der Waals surface area contributed by atoms with Crippen LogP contribution in [0.2, 0.25) is 0 Å². The summed E-state index contributed by atoms with van der Waals surface area (Å²) in [6.45, 7) is 6.86. The van der Waals surface area contributed by atoms with Gasteiger partial charge in [0.15, 0.2) is 0 Å². The number of nitrogens with zero attached hydrogens (tertiary/aromatic N) is 2. The minimum absolute atomic E-state index is 0.155. The minimum Gasteiger partial charge on any atom is -0.361 e. The van der Waals surface area contributed by atoms with Crippen LogP contribution in [0.15, 0.2) is 24.4 Å². The maximum absolute atomic E-state index is 12.6. The van der Waals surface area contributed by atoms with Crippen molar-refractivity contribution in [3.8, 4) is 0 Å². The number of aromatic amines is 1. The summed E-state index contributed by atoms with van der Waals surface area (Å²) in [6.07, 6.45) is 7.08. The average molecular weight is 369 g/mol. The van der Waals surface area contributed by atoms with Crippen molar-refractivity contribution >= 4 is 16.8 Å². The quantitative estimate of drug-likeness (QED) is 0.872. The van der Waals surface area contributed by atoms with Crippen LogP contribution in [0.5, 0.6) is 0 Å². The molecule has 2 fully saturated rings. The lowest BCUT2D eigenvalue weighted by atomic mass is 9.89. The largest absolute Gasteiger partial charge is 0.361 e. The first-order valence-corrected chi connectivity index (χ1v) is 10.4. The highest BCUT2D eigenvalue weighted by Crippen LogP contribution is 2.25. The van der Waals surface area contributed by atoms with Crippen molar-refractivity contribution < 1.29 is 4.79 Å². The monoisotopic (exact) mass is 368 g/mol. The van der Waals surface area contributed by atoms with Gasteiger partial charge in [-0.05, 0) is 56.8 Å². The van der Waals surface area contributed by atoms with Crippen LogP contribution < -0.4 is 5.32 Å². The molecule has 1 saturated carbocycles. The molecule has 5 nitrogen and oxygen atoms in total. The molecule has 0 bridgehead atoms. The molecule has 2 N–H and O–H groups in total. The summed E-state index contributed by atoms with van der Waals surface area (Å²) in [7, 11) is 2.21.